The molecule has 1 aromatic rings. The molecule has 0 bridgehead atoms. The Labute approximate surface area is 119 Å². The predicted octanol–water partition coefficient (Wildman–Crippen LogP) is 3.37. The molecule has 1 atom stereocenters. The van der Waals surface area contributed by atoms with Crippen LogP contribution in [0.4, 0.5) is 0 Å². The van der Waals surface area contributed by atoms with E-state index in [2.05, 4.69) is 6.92 Å². The van der Waals surface area contributed by atoms with E-state index in [1.807, 2.05) is 0 Å². The molecule has 1 rings (SSSR count). The fourth-order valence-corrected chi connectivity index (χ4v) is 2.33. The summed E-state index contributed by atoms with van der Waals surface area (Å²) in [5.74, 6) is -0.717. The van der Waals surface area contributed by atoms with Crippen LogP contribution in [-0.4, -0.2) is 11.0 Å². The smallest absolute Gasteiger partial charge is 0.254 e. The number of benzene rings is 1. The van der Waals surface area contributed by atoms with E-state index in [4.69, 9.17) is 17.3 Å². The molecule has 3 nitrogen and oxygen atoms in total. The Hall–Kier alpha value is -1.06. The van der Waals surface area contributed by atoms with Gasteiger partial charge in [-0.05, 0) is 30.5 Å². The Kier molecular flexibility index (Phi) is 6.32. The van der Waals surface area contributed by atoms with Crippen LogP contribution in [0.15, 0.2) is 24.3 Å². The molecule has 0 radical (unpaired) electrons. The van der Waals surface area contributed by atoms with Gasteiger partial charge in [-0.3, -0.25) is 4.79 Å². The van der Waals surface area contributed by atoms with Crippen molar-refractivity contribution in [3.63, 3.8) is 0 Å². The van der Waals surface area contributed by atoms with Gasteiger partial charge in [-0.2, -0.15) is 0 Å². The molecule has 19 heavy (non-hydrogen) atoms. The lowest BCUT2D eigenvalue weighted by molar-refractivity contribution is -0.138. The summed E-state index contributed by atoms with van der Waals surface area (Å²) >= 11 is 5.89. The van der Waals surface area contributed by atoms with Crippen molar-refractivity contribution in [3.8, 4) is 0 Å². The number of halogens is 1. The molecule has 0 unspecified atom stereocenters. The van der Waals surface area contributed by atoms with Gasteiger partial charge in [0.15, 0.2) is 5.60 Å². The minimum atomic E-state index is -1.61. The van der Waals surface area contributed by atoms with E-state index in [0.29, 0.717) is 17.0 Å². The number of amides is 1. The third-order valence-corrected chi connectivity index (χ3v) is 3.59. The van der Waals surface area contributed by atoms with Crippen LogP contribution in [0.2, 0.25) is 5.02 Å². The lowest BCUT2D eigenvalue weighted by atomic mass is 9.87. The monoisotopic (exact) mass is 283 g/mol. The summed E-state index contributed by atoms with van der Waals surface area (Å²) in [6.07, 6.45) is 5.55. The van der Waals surface area contributed by atoms with E-state index in [1.165, 1.54) is 6.42 Å². The van der Waals surface area contributed by atoms with Crippen LogP contribution in [0.1, 0.15) is 51.0 Å². The summed E-state index contributed by atoms with van der Waals surface area (Å²) < 4.78 is 0. The largest absolute Gasteiger partial charge is 0.375 e. The second-order valence-corrected chi connectivity index (χ2v) is 5.34. The van der Waals surface area contributed by atoms with E-state index in [9.17, 15) is 9.90 Å². The Morgan fingerprint density at radius 2 is 2.00 bits per heavy atom. The third kappa shape index (κ3) is 4.51. The second-order valence-electron chi connectivity index (χ2n) is 4.90. The molecule has 106 valence electrons. The molecule has 0 spiro atoms. The lowest BCUT2D eigenvalue weighted by Crippen LogP contribution is -2.41. The van der Waals surface area contributed by atoms with Crippen LogP contribution in [0, 0.1) is 0 Å². The minimum Gasteiger partial charge on any atom is -0.375 e. The standard InChI is InChI=1S/C15H22ClNO2/c1-2-3-4-5-6-10-15(19,14(17)18)12-8-7-9-13(16)11-12/h7-9,11,19H,2-6,10H2,1H3,(H2,17,18)/t15-/m0/s1. The van der Waals surface area contributed by atoms with Crippen LogP contribution in [0.5, 0.6) is 0 Å². The Morgan fingerprint density at radius 1 is 1.32 bits per heavy atom. The predicted molar refractivity (Wildman–Crippen MR) is 77.9 cm³/mol. The Balaban J connectivity index is 2.72. The summed E-state index contributed by atoms with van der Waals surface area (Å²) in [5.41, 5.74) is 4.22. The number of carbonyl (C=O) groups is 1. The van der Waals surface area contributed by atoms with Crippen molar-refractivity contribution < 1.29 is 9.90 Å². The minimum absolute atomic E-state index is 0.340. The number of hydrogen-bond acceptors (Lipinski definition) is 2. The highest BCUT2D eigenvalue weighted by Gasteiger charge is 2.35. The first kappa shape index (κ1) is 16.0. The molecule has 1 amide bonds. The zero-order valence-electron chi connectivity index (χ0n) is 11.4. The first-order valence-corrected chi connectivity index (χ1v) is 7.17. The first-order valence-electron chi connectivity index (χ1n) is 6.79. The number of hydrogen-bond donors (Lipinski definition) is 2. The van der Waals surface area contributed by atoms with Crippen molar-refractivity contribution >= 4 is 17.5 Å². The average molecular weight is 284 g/mol. The molecule has 4 heteroatoms. The number of nitrogens with two attached hydrogens (primary N) is 1. The van der Waals surface area contributed by atoms with Gasteiger partial charge in [0.2, 0.25) is 0 Å². The number of primary amides is 1. The molecule has 0 aliphatic carbocycles. The molecular weight excluding hydrogens is 262 g/mol. The first-order chi connectivity index (χ1) is 9.00. The summed E-state index contributed by atoms with van der Waals surface area (Å²) in [7, 11) is 0. The van der Waals surface area contributed by atoms with Crippen LogP contribution in [-0.2, 0) is 10.4 Å². The number of rotatable bonds is 8. The molecule has 0 saturated carbocycles. The SMILES string of the molecule is CCCCCCC[C@@](O)(C(N)=O)c1cccc(Cl)c1. The van der Waals surface area contributed by atoms with E-state index in [1.54, 1.807) is 24.3 Å². The average Bonchev–Trinajstić information content (AvgIpc) is 2.38. The summed E-state index contributed by atoms with van der Waals surface area (Å²) in [6, 6.07) is 6.69. The maximum absolute atomic E-state index is 11.6. The molecule has 0 aliphatic rings. The highest BCUT2D eigenvalue weighted by Crippen LogP contribution is 2.29. The van der Waals surface area contributed by atoms with Gasteiger partial charge in [0.1, 0.15) is 0 Å². The van der Waals surface area contributed by atoms with Gasteiger partial charge < -0.3 is 10.8 Å². The molecule has 3 N–H and O–H groups in total. The van der Waals surface area contributed by atoms with Gasteiger partial charge in [-0.15, -0.1) is 0 Å². The lowest BCUT2D eigenvalue weighted by Gasteiger charge is -2.25. The zero-order chi connectivity index (χ0) is 14.3. The van der Waals surface area contributed by atoms with Crippen molar-refractivity contribution in [3.05, 3.63) is 34.9 Å². The third-order valence-electron chi connectivity index (χ3n) is 3.35. The van der Waals surface area contributed by atoms with Crippen LogP contribution >= 0.6 is 11.6 Å². The molecule has 0 aromatic heterocycles. The van der Waals surface area contributed by atoms with Crippen LogP contribution < -0.4 is 5.73 Å². The molecule has 0 heterocycles. The fourth-order valence-electron chi connectivity index (χ4n) is 2.14. The highest BCUT2D eigenvalue weighted by atomic mass is 35.5. The summed E-state index contributed by atoms with van der Waals surface area (Å²) in [6.45, 7) is 2.14. The van der Waals surface area contributed by atoms with Crippen molar-refractivity contribution in [2.75, 3.05) is 0 Å². The Bertz CT molecular complexity index is 422. The topological polar surface area (TPSA) is 63.3 Å². The van der Waals surface area contributed by atoms with Crippen molar-refractivity contribution in [1.82, 2.24) is 0 Å². The van der Waals surface area contributed by atoms with E-state index >= 15 is 0 Å². The molecule has 0 saturated heterocycles. The Morgan fingerprint density at radius 3 is 2.58 bits per heavy atom. The van der Waals surface area contributed by atoms with Gasteiger partial charge in [0, 0.05) is 5.02 Å². The zero-order valence-corrected chi connectivity index (χ0v) is 12.1. The van der Waals surface area contributed by atoms with Crippen molar-refractivity contribution in [1.29, 1.82) is 0 Å². The molecule has 0 aliphatic heterocycles. The number of aliphatic hydroxyl groups is 1. The summed E-state index contributed by atoms with van der Waals surface area (Å²) in [5, 5.41) is 11.0. The van der Waals surface area contributed by atoms with E-state index in [-0.39, 0.29) is 0 Å². The maximum Gasteiger partial charge on any atom is 0.254 e. The maximum atomic E-state index is 11.6. The quantitative estimate of drug-likeness (QED) is 0.719. The van der Waals surface area contributed by atoms with E-state index in [0.717, 1.165) is 25.7 Å². The van der Waals surface area contributed by atoms with E-state index < -0.39 is 11.5 Å². The fraction of sp³-hybridized carbons (Fsp3) is 0.533. The van der Waals surface area contributed by atoms with Crippen molar-refractivity contribution in [2.24, 2.45) is 5.73 Å². The summed E-state index contributed by atoms with van der Waals surface area (Å²) in [4.78, 5) is 11.6. The number of unbranched alkanes of at least 4 members (excludes halogenated alkanes) is 4. The van der Waals surface area contributed by atoms with Crippen LogP contribution in [0.3, 0.4) is 0 Å². The number of carbonyl (C=O) groups excluding carboxylic acids is 1. The van der Waals surface area contributed by atoms with Gasteiger partial charge in [0.05, 0.1) is 0 Å². The highest BCUT2D eigenvalue weighted by molar-refractivity contribution is 6.30. The molecule has 0 fully saturated rings. The molecule has 1 aromatic carbocycles. The second kappa shape index (κ2) is 7.51. The van der Waals surface area contributed by atoms with Gasteiger partial charge >= 0.3 is 0 Å². The van der Waals surface area contributed by atoms with Crippen molar-refractivity contribution in [2.45, 2.75) is 51.0 Å². The van der Waals surface area contributed by atoms with Gasteiger partial charge in [-0.25, -0.2) is 0 Å². The van der Waals surface area contributed by atoms with Gasteiger partial charge in [-0.1, -0.05) is 56.3 Å². The van der Waals surface area contributed by atoms with Crippen LogP contribution in [0.25, 0.3) is 0 Å². The normalized spacial score (nSPS) is 14.1. The van der Waals surface area contributed by atoms with Gasteiger partial charge in [0.25, 0.3) is 5.91 Å². The molecular formula is C15H22ClNO2.